The first-order valence-electron chi connectivity index (χ1n) is 7.01. The molecule has 7 heteroatoms. The maximum atomic E-state index is 12.3. The van der Waals surface area contributed by atoms with Crippen molar-refractivity contribution in [2.45, 2.75) is 13.5 Å². The molecule has 0 bridgehead atoms. The first-order valence-corrected chi connectivity index (χ1v) is 8.68. The lowest BCUT2D eigenvalue weighted by molar-refractivity contribution is 0.0946. The van der Waals surface area contributed by atoms with Crippen molar-refractivity contribution in [3.8, 4) is 11.1 Å². The van der Waals surface area contributed by atoms with Crippen LogP contribution in [0.25, 0.3) is 11.1 Å². The van der Waals surface area contributed by atoms with Gasteiger partial charge in [0.2, 0.25) is 0 Å². The Bertz CT molecular complexity index is 855. The van der Waals surface area contributed by atoms with Gasteiger partial charge in [0.05, 0.1) is 9.98 Å². The van der Waals surface area contributed by atoms with Gasteiger partial charge in [-0.25, -0.2) is 0 Å². The van der Waals surface area contributed by atoms with Crippen LogP contribution in [0.4, 0.5) is 0 Å². The van der Waals surface area contributed by atoms with Gasteiger partial charge in [-0.3, -0.25) is 14.5 Å². The zero-order valence-electron chi connectivity index (χ0n) is 12.7. The Morgan fingerprint density at radius 1 is 1.43 bits per heavy atom. The monoisotopic (exact) mass is 390 g/mol. The smallest absolute Gasteiger partial charge is 0.270 e. The Balaban J connectivity index is 1.78. The van der Waals surface area contributed by atoms with Crippen LogP contribution in [-0.2, 0) is 13.6 Å². The number of halogens is 1. The number of nitrogens with one attached hydrogen (secondary N) is 1. The summed E-state index contributed by atoms with van der Waals surface area (Å²) in [5, 5.41) is 9.12. The number of thiophene rings is 1. The summed E-state index contributed by atoms with van der Waals surface area (Å²) in [5.41, 5.74) is 4.45. The number of carbonyl (C=O) groups is 1. The number of amides is 1. The Kier molecular flexibility index (Phi) is 4.58. The molecule has 0 saturated heterocycles. The molecule has 3 heterocycles. The molecule has 0 saturated carbocycles. The van der Waals surface area contributed by atoms with Gasteiger partial charge in [0.1, 0.15) is 5.69 Å². The zero-order chi connectivity index (χ0) is 16.4. The normalized spacial score (nSPS) is 10.7. The molecule has 23 heavy (non-hydrogen) atoms. The Labute approximate surface area is 146 Å². The zero-order valence-corrected chi connectivity index (χ0v) is 15.1. The highest BCUT2D eigenvalue weighted by atomic mass is 79.9. The van der Waals surface area contributed by atoms with E-state index in [9.17, 15) is 4.79 Å². The third-order valence-electron chi connectivity index (χ3n) is 3.67. The molecular formula is C16H15BrN4OS. The van der Waals surface area contributed by atoms with Crippen molar-refractivity contribution in [1.82, 2.24) is 20.1 Å². The fraction of sp³-hybridized carbons (Fsp3) is 0.188. The van der Waals surface area contributed by atoms with Gasteiger partial charge in [-0.2, -0.15) is 5.10 Å². The van der Waals surface area contributed by atoms with E-state index in [0.717, 1.165) is 26.2 Å². The van der Waals surface area contributed by atoms with Crippen molar-refractivity contribution in [3.63, 3.8) is 0 Å². The molecule has 0 unspecified atom stereocenters. The van der Waals surface area contributed by atoms with Crippen LogP contribution in [0.5, 0.6) is 0 Å². The first-order chi connectivity index (χ1) is 11.1. The molecule has 0 fully saturated rings. The summed E-state index contributed by atoms with van der Waals surface area (Å²) in [5.74, 6) is -0.188. The number of hydrogen-bond acceptors (Lipinski definition) is 4. The molecule has 3 aromatic heterocycles. The quantitative estimate of drug-likeness (QED) is 0.740. The van der Waals surface area contributed by atoms with E-state index in [1.807, 2.05) is 36.2 Å². The molecule has 0 aliphatic carbocycles. The SMILES string of the molecule is Cc1c(-c2ccnc(C(=O)NCc3ccsc3Br)c2)cnn1C. The van der Waals surface area contributed by atoms with Crippen molar-refractivity contribution < 1.29 is 4.79 Å². The summed E-state index contributed by atoms with van der Waals surface area (Å²) >= 11 is 5.06. The lowest BCUT2D eigenvalue weighted by atomic mass is 10.1. The number of hydrogen-bond donors (Lipinski definition) is 1. The second kappa shape index (κ2) is 6.64. The van der Waals surface area contributed by atoms with E-state index in [2.05, 4.69) is 31.3 Å². The van der Waals surface area contributed by atoms with E-state index >= 15 is 0 Å². The van der Waals surface area contributed by atoms with Crippen LogP contribution < -0.4 is 5.32 Å². The highest BCUT2D eigenvalue weighted by Crippen LogP contribution is 2.24. The molecule has 0 radical (unpaired) electrons. The Morgan fingerprint density at radius 2 is 2.26 bits per heavy atom. The van der Waals surface area contributed by atoms with Crippen LogP contribution in [0.15, 0.2) is 39.8 Å². The summed E-state index contributed by atoms with van der Waals surface area (Å²) in [6.45, 7) is 2.47. The molecule has 0 aliphatic heterocycles. The average Bonchev–Trinajstić information content (AvgIpc) is 3.11. The van der Waals surface area contributed by atoms with E-state index < -0.39 is 0 Å². The fourth-order valence-corrected chi connectivity index (χ4v) is 3.46. The minimum atomic E-state index is -0.188. The molecule has 1 N–H and O–H groups in total. The summed E-state index contributed by atoms with van der Waals surface area (Å²) in [6, 6.07) is 5.66. The number of rotatable bonds is 4. The van der Waals surface area contributed by atoms with Gasteiger partial charge in [-0.15, -0.1) is 11.3 Å². The van der Waals surface area contributed by atoms with Gasteiger partial charge < -0.3 is 5.32 Å². The van der Waals surface area contributed by atoms with Gasteiger partial charge in [0, 0.05) is 31.0 Å². The van der Waals surface area contributed by atoms with E-state index in [1.54, 1.807) is 29.8 Å². The minimum Gasteiger partial charge on any atom is -0.347 e. The minimum absolute atomic E-state index is 0.188. The van der Waals surface area contributed by atoms with E-state index in [4.69, 9.17) is 0 Å². The maximum absolute atomic E-state index is 12.3. The largest absolute Gasteiger partial charge is 0.347 e. The molecule has 0 atom stereocenters. The second-order valence-electron chi connectivity index (χ2n) is 5.10. The average molecular weight is 391 g/mol. The van der Waals surface area contributed by atoms with Crippen LogP contribution in [0.1, 0.15) is 21.7 Å². The van der Waals surface area contributed by atoms with Crippen molar-refractivity contribution in [2.24, 2.45) is 7.05 Å². The molecule has 5 nitrogen and oxygen atoms in total. The molecule has 0 spiro atoms. The lowest BCUT2D eigenvalue weighted by Crippen LogP contribution is -2.23. The molecule has 3 rings (SSSR count). The van der Waals surface area contributed by atoms with Crippen molar-refractivity contribution in [2.75, 3.05) is 0 Å². The second-order valence-corrected chi connectivity index (χ2v) is 7.33. The molecule has 0 aromatic carbocycles. The first kappa shape index (κ1) is 15.9. The van der Waals surface area contributed by atoms with Crippen molar-refractivity contribution >= 4 is 33.2 Å². The molecule has 118 valence electrons. The van der Waals surface area contributed by atoms with Crippen molar-refractivity contribution in [1.29, 1.82) is 0 Å². The lowest BCUT2D eigenvalue weighted by Gasteiger charge is -2.06. The number of nitrogens with zero attached hydrogens (tertiary/aromatic N) is 3. The predicted octanol–water partition coefficient (Wildman–Crippen LogP) is 3.54. The molecule has 0 aliphatic rings. The maximum Gasteiger partial charge on any atom is 0.270 e. The molecule has 1 amide bonds. The van der Waals surface area contributed by atoms with Gasteiger partial charge >= 0.3 is 0 Å². The Hall–Kier alpha value is -1.99. The fourth-order valence-electron chi connectivity index (χ4n) is 2.22. The number of carbonyl (C=O) groups excluding carboxylic acids is 1. The van der Waals surface area contributed by atoms with E-state index in [0.29, 0.717) is 12.2 Å². The Morgan fingerprint density at radius 3 is 2.91 bits per heavy atom. The van der Waals surface area contributed by atoms with E-state index in [1.165, 1.54) is 0 Å². The standard InChI is InChI=1S/C16H15BrN4OS/c1-10-13(9-20-21(10)2)11-3-5-18-14(7-11)16(22)19-8-12-4-6-23-15(12)17/h3-7,9H,8H2,1-2H3,(H,19,22). The van der Waals surface area contributed by atoms with Crippen LogP contribution >= 0.6 is 27.3 Å². The summed E-state index contributed by atoms with van der Waals surface area (Å²) in [7, 11) is 1.90. The number of pyridine rings is 1. The molecular weight excluding hydrogens is 376 g/mol. The third-order valence-corrected chi connectivity index (χ3v) is 5.48. The van der Waals surface area contributed by atoms with Crippen molar-refractivity contribution in [3.05, 3.63) is 56.7 Å². The van der Waals surface area contributed by atoms with Gasteiger partial charge in [0.15, 0.2) is 0 Å². The van der Waals surface area contributed by atoms with Crippen LogP contribution in [0.2, 0.25) is 0 Å². The third kappa shape index (κ3) is 3.35. The van der Waals surface area contributed by atoms with Gasteiger partial charge in [-0.1, -0.05) is 0 Å². The number of aryl methyl sites for hydroxylation is 1. The predicted molar refractivity (Wildman–Crippen MR) is 94.4 cm³/mol. The number of aromatic nitrogens is 3. The van der Waals surface area contributed by atoms with Gasteiger partial charge in [0.25, 0.3) is 5.91 Å². The van der Waals surface area contributed by atoms with Crippen LogP contribution in [0.3, 0.4) is 0 Å². The van der Waals surface area contributed by atoms with Crippen LogP contribution in [0, 0.1) is 6.92 Å². The summed E-state index contributed by atoms with van der Waals surface area (Å²) in [4.78, 5) is 16.5. The highest BCUT2D eigenvalue weighted by molar-refractivity contribution is 9.11. The topological polar surface area (TPSA) is 59.8 Å². The highest BCUT2D eigenvalue weighted by Gasteiger charge is 2.12. The summed E-state index contributed by atoms with van der Waals surface area (Å²) < 4.78 is 2.84. The van der Waals surface area contributed by atoms with E-state index in [-0.39, 0.29) is 5.91 Å². The van der Waals surface area contributed by atoms with Gasteiger partial charge in [-0.05, 0) is 57.6 Å². The summed E-state index contributed by atoms with van der Waals surface area (Å²) in [6.07, 6.45) is 3.45. The molecule has 3 aromatic rings. The van der Waals surface area contributed by atoms with Crippen LogP contribution in [-0.4, -0.2) is 20.7 Å².